The van der Waals surface area contributed by atoms with Crippen molar-refractivity contribution in [2.45, 2.75) is 13.1 Å². The second kappa shape index (κ2) is 7.68. The number of benzene rings is 1. The van der Waals surface area contributed by atoms with Crippen LogP contribution in [0.3, 0.4) is 0 Å². The molecule has 0 aliphatic carbocycles. The zero-order valence-corrected chi connectivity index (χ0v) is 11.3. The molecule has 1 aromatic rings. The first-order valence-electron chi connectivity index (χ1n) is 6.17. The molecule has 0 unspecified atom stereocenters. The summed E-state index contributed by atoms with van der Waals surface area (Å²) in [6.07, 6.45) is -2.74. The highest BCUT2D eigenvalue weighted by molar-refractivity contribution is 5.85. The maximum atomic E-state index is 13.0. The minimum atomic E-state index is -4.59. The van der Waals surface area contributed by atoms with Gasteiger partial charge in [-0.3, -0.25) is 0 Å². The van der Waals surface area contributed by atoms with E-state index in [0.717, 1.165) is 24.3 Å². The Morgan fingerprint density at radius 1 is 1.33 bits per heavy atom. The van der Waals surface area contributed by atoms with Gasteiger partial charge in [-0.2, -0.15) is 13.2 Å². The Bertz CT molecular complexity index is 509. The summed E-state index contributed by atoms with van der Waals surface area (Å²) in [5, 5.41) is 8.48. The highest BCUT2D eigenvalue weighted by Gasteiger charge is 2.34. The molecule has 0 spiro atoms. The topological polar surface area (TPSA) is 55.8 Å². The maximum Gasteiger partial charge on any atom is 0.419 e. The lowest BCUT2D eigenvalue weighted by Gasteiger charge is -2.14. The third kappa shape index (κ3) is 5.86. The molecular formula is C14H15F3O4. The lowest BCUT2D eigenvalue weighted by atomic mass is 10.1. The van der Waals surface area contributed by atoms with Gasteiger partial charge in [0.25, 0.3) is 0 Å². The molecule has 1 rings (SSSR count). The summed E-state index contributed by atoms with van der Waals surface area (Å²) in [6, 6.07) is 3.36. The summed E-state index contributed by atoms with van der Waals surface area (Å²) in [7, 11) is 0. The summed E-state index contributed by atoms with van der Waals surface area (Å²) in [6.45, 7) is 2.41. The summed E-state index contributed by atoms with van der Waals surface area (Å²) < 4.78 is 48.9. The van der Waals surface area contributed by atoms with Gasteiger partial charge in [0.05, 0.1) is 12.2 Å². The van der Waals surface area contributed by atoms with Crippen LogP contribution < -0.4 is 4.74 Å². The number of carboxylic acids is 1. The molecule has 7 heteroatoms. The van der Waals surface area contributed by atoms with E-state index >= 15 is 0 Å². The summed E-state index contributed by atoms with van der Waals surface area (Å²) in [4.78, 5) is 10.4. The van der Waals surface area contributed by atoms with E-state index in [-0.39, 0.29) is 24.5 Å². The second-order valence-corrected chi connectivity index (χ2v) is 3.97. The highest BCUT2D eigenvalue weighted by atomic mass is 19.4. The molecule has 0 aromatic heterocycles. The van der Waals surface area contributed by atoms with Gasteiger partial charge in [0, 0.05) is 12.7 Å². The lowest BCUT2D eigenvalue weighted by Crippen LogP contribution is -2.12. The number of carbonyl (C=O) groups is 1. The molecule has 0 amide bonds. The van der Waals surface area contributed by atoms with Crippen molar-refractivity contribution in [2.75, 3.05) is 19.8 Å². The maximum absolute atomic E-state index is 13.0. The Labute approximate surface area is 119 Å². The fourth-order valence-electron chi connectivity index (χ4n) is 1.52. The monoisotopic (exact) mass is 304 g/mol. The van der Waals surface area contributed by atoms with Crippen LogP contribution >= 0.6 is 0 Å². The fraction of sp³-hybridized carbons (Fsp3) is 0.357. The molecule has 0 radical (unpaired) electrons. The van der Waals surface area contributed by atoms with Crippen molar-refractivity contribution in [3.63, 3.8) is 0 Å². The van der Waals surface area contributed by atoms with Crippen LogP contribution in [-0.2, 0) is 15.7 Å². The van der Waals surface area contributed by atoms with Crippen molar-refractivity contribution >= 4 is 12.0 Å². The molecular weight excluding hydrogens is 289 g/mol. The first kappa shape index (κ1) is 17.0. The predicted molar refractivity (Wildman–Crippen MR) is 70.1 cm³/mol. The third-order valence-corrected chi connectivity index (χ3v) is 2.42. The molecule has 1 N–H and O–H groups in total. The van der Waals surface area contributed by atoms with Crippen LogP contribution in [0, 0.1) is 0 Å². The van der Waals surface area contributed by atoms with E-state index < -0.39 is 17.7 Å². The van der Waals surface area contributed by atoms with Crippen molar-refractivity contribution in [2.24, 2.45) is 0 Å². The molecule has 0 aliphatic rings. The van der Waals surface area contributed by atoms with Crippen LogP contribution in [0.1, 0.15) is 18.1 Å². The van der Waals surface area contributed by atoms with E-state index in [1.54, 1.807) is 6.92 Å². The van der Waals surface area contributed by atoms with Gasteiger partial charge < -0.3 is 14.6 Å². The molecule has 21 heavy (non-hydrogen) atoms. The Kier molecular flexibility index (Phi) is 6.23. The SMILES string of the molecule is CCOCCOc1ccc(C=CC(=O)O)cc1C(F)(F)F. The Morgan fingerprint density at radius 2 is 2.05 bits per heavy atom. The number of alkyl halides is 3. The van der Waals surface area contributed by atoms with Crippen molar-refractivity contribution in [1.82, 2.24) is 0 Å². The van der Waals surface area contributed by atoms with Gasteiger partial charge in [0.15, 0.2) is 0 Å². The lowest BCUT2D eigenvalue weighted by molar-refractivity contribution is -0.139. The van der Waals surface area contributed by atoms with Crippen LogP contribution in [-0.4, -0.2) is 30.9 Å². The van der Waals surface area contributed by atoms with Gasteiger partial charge >= 0.3 is 12.1 Å². The Morgan fingerprint density at radius 3 is 2.62 bits per heavy atom. The van der Waals surface area contributed by atoms with E-state index in [1.165, 1.54) is 6.07 Å². The van der Waals surface area contributed by atoms with E-state index in [1.807, 2.05) is 0 Å². The molecule has 0 saturated heterocycles. The molecule has 116 valence electrons. The number of halogens is 3. The molecule has 0 heterocycles. The van der Waals surface area contributed by atoms with Crippen molar-refractivity contribution in [3.05, 3.63) is 35.4 Å². The molecule has 0 atom stereocenters. The second-order valence-electron chi connectivity index (χ2n) is 3.97. The van der Waals surface area contributed by atoms with E-state index in [4.69, 9.17) is 14.6 Å². The molecule has 4 nitrogen and oxygen atoms in total. The normalized spacial score (nSPS) is 11.8. The molecule has 1 aromatic carbocycles. The molecule has 0 saturated carbocycles. The Balaban J connectivity index is 2.95. The molecule has 0 aliphatic heterocycles. The number of carboxylic acid groups (broad SMARTS) is 1. The van der Waals surface area contributed by atoms with Gasteiger partial charge in [-0.05, 0) is 30.7 Å². The van der Waals surface area contributed by atoms with E-state index in [9.17, 15) is 18.0 Å². The number of hydrogen-bond acceptors (Lipinski definition) is 3. The largest absolute Gasteiger partial charge is 0.491 e. The average molecular weight is 304 g/mol. The quantitative estimate of drug-likeness (QED) is 0.621. The predicted octanol–water partition coefficient (Wildman–Crippen LogP) is 3.22. The third-order valence-electron chi connectivity index (χ3n) is 2.42. The van der Waals surface area contributed by atoms with E-state index in [0.29, 0.717) is 6.61 Å². The number of ether oxygens (including phenoxy) is 2. The van der Waals surface area contributed by atoms with Crippen LogP contribution in [0.25, 0.3) is 6.08 Å². The summed E-state index contributed by atoms with van der Waals surface area (Å²) in [5.41, 5.74) is -0.826. The summed E-state index contributed by atoms with van der Waals surface area (Å²) >= 11 is 0. The van der Waals surface area contributed by atoms with Crippen LogP contribution in [0.5, 0.6) is 5.75 Å². The van der Waals surface area contributed by atoms with Crippen LogP contribution in [0.15, 0.2) is 24.3 Å². The minimum absolute atomic E-state index is 0.00122. The highest BCUT2D eigenvalue weighted by Crippen LogP contribution is 2.37. The van der Waals surface area contributed by atoms with Gasteiger partial charge in [-0.1, -0.05) is 6.07 Å². The number of hydrogen-bond donors (Lipinski definition) is 1. The smallest absolute Gasteiger partial charge is 0.419 e. The standard InChI is InChI=1S/C14H15F3O4/c1-2-20-7-8-21-12-5-3-10(4-6-13(18)19)9-11(12)14(15,16)17/h3-6,9H,2,7-8H2,1H3,(H,18,19). The van der Waals surface area contributed by atoms with Gasteiger partial charge in [0.1, 0.15) is 12.4 Å². The molecule has 0 fully saturated rings. The van der Waals surface area contributed by atoms with Crippen molar-refractivity contribution in [3.8, 4) is 5.75 Å². The van der Waals surface area contributed by atoms with E-state index in [2.05, 4.69) is 0 Å². The van der Waals surface area contributed by atoms with Crippen molar-refractivity contribution < 1.29 is 32.5 Å². The number of aliphatic carboxylic acids is 1. The average Bonchev–Trinajstić information content (AvgIpc) is 2.41. The zero-order valence-electron chi connectivity index (χ0n) is 11.3. The van der Waals surface area contributed by atoms with Gasteiger partial charge in [-0.15, -0.1) is 0 Å². The van der Waals surface area contributed by atoms with Crippen molar-refractivity contribution in [1.29, 1.82) is 0 Å². The van der Waals surface area contributed by atoms with Gasteiger partial charge in [0.2, 0.25) is 0 Å². The Hall–Kier alpha value is -2.02. The summed E-state index contributed by atoms with van der Waals surface area (Å²) in [5.74, 6) is -1.55. The first-order chi connectivity index (χ1) is 9.84. The fourth-order valence-corrected chi connectivity index (χ4v) is 1.52. The van der Waals surface area contributed by atoms with Gasteiger partial charge in [-0.25, -0.2) is 4.79 Å². The zero-order chi connectivity index (χ0) is 15.9. The number of rotatable bonds is 7. The van der Waals surface area contributed by atoms with Crippen LogP contribution in [0.2, 0.25) is 0 Å². The van der Waals surface area contributed by atoms with Crippen LogP contribution in [0.4, 0.5) is 13.2 Å². The first-order valence-corrected chi connectivity index (χ1v) is 6.17. The minimum Gasteiger partial charge on any atom is -0.491 e. The molecule has 0 bridgehead atoms.